The molecule has 0 spiro atoms. The Hall–Kier alpha value is -1.88. The lowest BCUT2D eigenvalue weighted by molar-refractivity contribution is 0.185. The van der Waals surface area contributed by atoms with Gasteiger partial charge < -0.3 is 10.2 Å². The van der Waals surface area contributed by atoms with Crippen LogP contribution in [0.1, 0.15) is 0 Å². The molecule has 0 fully saturated rings. The molecule has 0 bridgehead atoms. The molecule has 0 aliphatic carbocycles. The van der Waals surface area contributed by atoms with Crippen LogP contribution in [0.15, 0.2) is 29.2 Å². The smallest absolute Gasteiger partial charge is 0.240 e. The number of tetrazole rings is 1. The van der Waals surface area contributed by atoms with Gasteiger partial charge in [0.2, 0.25) is 15.8 Å². The Morgan fingerprint density at radius 1 is 1.20 bits per heavy atom. The number of aliphatic hydroxyl groups excluding tert-OH is 2. The quantitative estimate of drug-likeness (QED) is 0.508. The van der Waals surface area contributed by atoms with E-state index in [1.54, 1.807) is 0 Å². The van der Waals surface area contributed by atoms with Gasteiger partial charge >= 0.3 is 0 Å². The van der Waals surface area contributed by atoms with Crippen LogP contribution >= 0.6 is 0 Å². The minimum atomic E-state index is -3.80. The molecule has 0 saturated carbocycles. The molecule has 2 aromatic rings. The van der Waals surface area contributed by atoms with Crippen molar-refractivity contribution in [3.05, 3.63) is 24.3 Å². The Balaban J connectivity index is 2.21. The number of nitrogens with zero attached hydrogens (tertiary/aromatic N) is 3. The van der Waals surface area contributed by atoms with E-state index in [9.17, 15) is 8.42 Å². The summed E-state index contributed by atoms with van der Waals surface area (Å²) in [6.45, 7) is -0.979. The van der Waals surface area contributed by atoms with Crippen molar-refractivity contribution in [1.29, 1.82) is 0 Å². The minimum Gasteiger partial charge on any atom is -0.395 e. The highest BCUT2D eigenvalue weighted by Gasteiger charge is 2.19. The molecule has 10 heteroatoms. The predicted molar refractivity (Wildman–Crippen MR) is 67.9 cm³/mol. The monoisotopic (exact) mass is 299 g/mol. The molecule has 108 valence electrons. The predicted octanol–water partition coefficient (Wildman–Crippen LogP) is -1.50. The third-order valence-electron chi connectivity index (χ3n) is 2.53. The maximum Gasteiger partial charge on any atom is 0.240 e. The van der Waals surface area contributed by atoms with Crippen LogP contribution in [0.25, 0.3) is 11.4 Å². The van der Waals surface area contributed by atoms with E-state index >= 15 is 0 Å². The summed E-state index contributed by atoms with van der Waals surface area (Å²) in [4.78, 5) is 0.0108. The molecule has 4 N–H and O–H groups in total. The molecule has 0 radical (unpaired) electrons. The van der Waals surface area contributed by atoms with Gasteiger partial charge in [0.15, 0.2) is 0 Å². The van der Waals surface area contributed by atoms with Crippen LogP contribution in [-0.4, -0.2) is 58.5 Å². The van der Waals surface area contributed by atoms with Gasteiger partial charge in [0, 0.05) is 5.56 Å². The third kappa shape index (κ3) is 3.17. The van der Waals surface area contributed by atoms with Gasteiger partial charge in [-0.1, -0.05) is 0 Å². The van der Waals surface area contributed by atoms with Crippen LogP contribution in [0.2, 0.25) is 0 Å². The Kier molecular flexibility index (Phi) is 4.39. The zero-order chi connectivity index (χ0) is 14.6. The molecule has 2 rings (SSSR count). The van der Waals surface area contributed by atoms with Crippen LogP contribution in [0.5, 0.6) is 0 Å². The van der Waals surface area contributed by atoms with Crippen LogP contribution in [0, 0.1) is 0 Å². The van der Waals surface area contributed by atoms with Crippen molar-refractivity contribution >= 4 is 10.0 Å². The van der Waals surface area contributed by atoms with Crippen LogP contribution < -0.4 is 4.72 Å². The van der Waals surface area contributed by atoms with Crippen molar-refractivity contribution in [1.82, 2.24) is 25.3 Å². The molecule has 0 saturated heterocycles. The highest BCUT2D eigenvalue weighted by atomic mass is 32.2. The highest BCUT2D eigenvalue weighted by molar-refractivity contribution is 7.89. The molecule has 1 aromatic carbocycles. The number of benzene rings is 1. The number of hydrogen-bond donors (Lipinski definition) is 4. The summed E-state index contributed by atoms with van der Waals surface area (Å²) in [6.07, 6.45) is 0. The summed E-state index contributed by atoms with van der Waals surface area (Å²) < 4.78 is 26.1. The lowest BCUT2D eigenvalue weighted by Crippen LogP contribution is -2.39. The van der Waals surface area contributed by atoms with Crippen LogP contribution in [0.4, 0.5) is 0 Å². The summed E-state index contributed by atoms with van der Waals surface area (Å²) in [5.41, 5.74) is 0.610. The van der Waals surface area contributed by atoms with Gasteiger partial charge in [-0.15, -0.1) is 10.2 Å². The molecule has 0 aliphatic heterocycles. The minimum absolute atomic E-state index is 0.0108. The molecule has 9 nitrogen and oxygen atoms in total. The number of aromatic nitrogens is 4. The third-order valence-corrected chi connectivity index (χ3v) is 4.07. The van der Waals surface area contributed by atoms with E-state index in [1.165, 1.54) is 24.3 Å². The number of aliphatic hydroxyl groups is 2. The van der Waals surface area contributed by atoms with Crippen molar-refractivity contribution in [3.63, 3.8) is 0 Å². The number of rotatable bonds is 6. The SMILES string of the molecule is O=S(=O)(NC(CO)CO)c1ccc(-c2nn[nH]n2)cc1. The number of H-pyrrole nitrogens is 1. The molecular weight excluding hydrogens is 286 g/mol. The van der Waals surface area contributed by atoms with Gasteiger partial charge in [0.25, 0.3) is 0 Å². The number of sulfonamides is 1. The second-order valence-corrected chi connectivity index (χ2v) is 5.66. The zero-order valence-corrected chi connectivity index (χ0v) is 11.1. The van der Waals surface area contributed by atoms with Crippen molar-refractivity contribution in [2.45, 2.75) is 10.9 Å². The first kappa shape index (κ1) is 14.5. The van der Waals surface area contributed by atoms with Crippen molar-refractivity contribution < 1.29 is 18.6 Å². The fraction of sp³-hybridized carbons (Fsp3) is 0.300. The van der Waals surface area contributed by atoms with E-state index in [-0.39, 0.29) is 4.90 Å². The Labute approximate surface area is 114 Å². The van der Waals surface area contributed by atoms with Crippen LogP contribution in [-0.2, 0) is 10.0 Å². The van der Waals surface area contributed by atoms with Gasteiger partial charge in [-0.2, -0.15) is 5.21 Å². The standard InChI is InChI=1S/C10H13N5O4S/c16-5-8(6-17)13-20(18,19)9-3-1-7(2-4-9)10-11-14-15-12-10/h1-4,8,13,16-17H,5-6H2,(H,11,12,14,15). The second kappa shape index (κ2) is 6.05. The van der Waals surface area contributed by atoms with Crippen LogP contribution in [0.3, 0.4) is 0 Å². The molecule has 20 heavy (non-hydrogen) atoms. The molecule has 0 unspecified atom stereocenters. The first-order valence-corrected chi connectivity index (χ1v) is 7.13. The Morgan fingerprint density at radius 3 is 2.35 bits per heavy atom. The first-order valence-electron chi connectivity index (χ1n) is 5.65. The van der Waals surface area contributed by atoms with Gasteiger partial charge in [0.1, 0.15) is 0 Å². The number of aromatic amines is 1. The van der Waals surface area contributed by atoms with Gasteiger partial charge in [-0.05, 0) is 29.5 Å². The molecule has 0 atom stereocenters. The fourth-order valence-electron chi connectivity index (χ4n) is 1.49. The topological polar surface area (TPSA) is 141 Å². The van der Waals surface area contributed by atoms with E-state index in [1.807, 2.05) is 0 Å². The average molecular weight is 299 g/mol. The lowest BCUT2D eigenvalue weighted by Gasteiger charge is -2.13. The summed E-state index contributed by atoms with van der Waals surface area (Å²) in [6, 6.07) is 4.88. The normalized spacial score (nSPS) is 11.9. The van der Waals surface area contributed by atoms with Crippen molar-refractivity contribution in [2.75, 3.05) is 13.2 Å². The maximum atomic E-state index is 12.0. The molecule has 1 heterocycles. The lowest BCUT2D eigenvalue weighted by atomic mass is 10.2. The largest absolute Gasteiger partial charge is 0.395 e. The number of nitrogens with one attached hydrogen (secondary N) is 2. The molecule has 0 aliphatic rings. The molecular formula is C10H13N5O4S. The fourth-order valence-corrected chi connectivity index (χ4v) is 2.71. The Bertz CT molecular complexity index is 637. The van der Waals surface area contributed by atoms with Gasteiger partial charge in [-0.25, -0.2) is 13.1 Å². The van der Waals surface area contributed by atoms with Crippen molar-refractivity contribution in [3.8, 4) is 11.4 Å². The van der Waals surface area contributed by atoms with Crippen molar-refractivity contribution in [2.24, 2.45) is 0 Å². The maximum absolute atomic E-state index is 12.0. The summed E-state index contributed by atoms with van der Waals surface area (Å²) in [7, 11) is -3.80. The summed E-state index contributed by atoms with van der Waals surface area (Å²) in [5, 5.41) is 31.0. The van der Waals surface area contributed by atoms with Gasteiger partial charge in [-0.3, -0.25) is 0 Å². The second-order valence-electron chi connectivity index (χ2n) is 3.94. The summed E-state index contributed by atoms with van der Waals surface area (Å²) in [5.74, 6) is 0.352. The molecule has 1 aromatic heterocycles. The number of hydrogen-bond acceptors (Lipinski definition) is 7. The first-order chi connectivity index (χ1) is 9.56. The van der Waals surface area contributed by atoms with E-state index < -0.39 is 29.3 Å². The molecule has 0 amide bonds. The van der Waals surface area contributed by atoms with E-state index in [4.69, 9.17) is 10.2 Å². The average Bonchev–Trinajstić information content (AvgIpc) is 2.99. The zero-order valence-electron chi connectivity index (χ0n) is 10.3. The van der Waals surface area contributed by atoms with Gasteiger partial charge in [0.05, 0.1) is 24.2 Å². The summed E-state index contributed by atoms with van der Waals surface area (Å²) >= 11 is 0. The van der Waals surface area contributed by atoms with E-state index in [0.29, 0.717) is 11.4 Å². The van der Waals surface area contributed by atoms with E-state index in [0.717, 1.165) is 0 Å². The van der Waals surface area contributed by atoms with E-state index in [2.05, 4.69) is 25.3 Å². The Morgan fingerprint density at radius 2 is 1.85 bits per heavy atom. The highest BCUT2D eigenvalue weighted by Crippen LogP contribution is 2.17.